The fourth-order valence-corrected chi connectivity index (χ4v) is 3.02. The third kappa shape index (κ3) is 6.01. The SMILES string of the molecule is C=CCNC(=NCC(=O)N(C)C)NCC1COC2(CCC(C)CC2)O1. The van der Waals surface area contributed by atoms with Gasteiger partial charge in [-0.1, -0.05) is 13.0 Å². The molecule has 2 fully saturated rings. The molecule has 7 heteroatoms. The second-order valence-electron chi connectivity index (χ2n) is 7.15. The summed E-state index contributed by atoms with van der Waals surface area (Å²) in [5, 5.41) is 6.36. The third-order valence-corrected chi connectivity index (χ3v) is 4.73. The van der Waals surface area contributed by atoms with Gasteiger partial charge in [0.05, 0.1) is 6.61 Å². The smallest absolute Gasteiger partial charge is 0.243 e. The molecule has 0 radical (unpaired) electrons. The molecule has 2 N–H and O–H groups in total. The van der Waals surface area contributed by atoms with E-state index in [4.69, 9.17) is 9.47 Å². The van der Waals surface area contributed by atoms with Crippen LogP contribution in [0.2, 0.25) is 0 Å². The molecule has 1 aliphatic heterocycles. The van der Waals surface area contributed by atoms with Crippen molar-refractivity contribution in [2.75, 3.05) is 40.3 Å². The lowest BCUT2D eigenvalue weighted by Crippen LogP contribution is -2.43. The molecule has 1 unspecified atom stereocenters. The fraction of sp³-hybridized carbons (Fsp3) is 0.778. The first-order valence-electron chi connectivity index (χ1n) is 9.09. The van der Waals surface area contributed by atoms with Gasteiger partial charge in [-0.3, -0.25) is 4.79 Å². The molecule has 0 aromatic rings. The number of nitrogens with one attached hydrogen (secondary N) is 2. The molecular weight excluding hydrogens is 320 g/mol. The van der Waals surface area contributed by atoms with E-state index in [9.17, 15) is 4.79 Å². The molecule has 2 aliphatic rings. The topological polar surface area (TPSA) is 75.2 Å². The summed E-state index contributed by atoms with van der Waals surface area (Å²) in [6.07, 6.45) is 5.99. The molecule has 1 saturated heterocycles. The van der Waals surface area contributed by atoms with Crippen molar-refractivity contribution in [2.45, 2.75) is 44.5 Å². The third-order valence-electron chi connectivity index (χ3n) is 4.73. The van der Waals surface area contributed by atoms with E-state index < -0.39 is 0 Å². The minimum absolute atomic E-state index is 0.00584. The predicted molar refractivity (Wildman–Crippen MR) is 98.4 cm³/mol. The second-order valence-corrected chi connectivity index (χ2v) is 7.15. The Morgan fingerprint density at radius 2 is 2.08 bits per heavy atom. The number of hydrogen-bond donors (Lipinski definition) is 2. The lowest BCUT2D eigenvalue weighted by Gasteiger charge is -2.34. The number of nitrogens with zero attached hydrogens (tertiary/aromatic N) is 2. The minimum Gasteiger partial charge on any atom is -0.354 e. The maximum Gasteiger partial charge on any atom is 0.243 e. The standard InChI is InChI=1S/C18H32N4O3/c1-5-10-19-17(21-12-16(23)22(3)4)20-11-15-13-24-18(25-15)8-6-14(2)7-9-18/h5,14-15H,1,6-13H2,2-4H3,(H2,19,20,21). The van der Waals surface area contributed by atoms with Gasteiger partial charge in [0, 0.05) is 40.0 Å². The number of rotatable bonds is 6. The van der Waals surface area contributed by atoms with Gasteiger partial charge in [-0.05, 0) is 18.8 Å². The van der Waals surface area contributed by atoms with Crippen LogP contribution in [-0.2, 0) is 14.3 Å². The summed E-state index contributed by atoms with van der Waals surface area (Å²) in [6.45, 7) is 7.83. The van der Waals surface area contributed by atoms with Crippen molar-refractivity contribution in [2.24, 2.45) is 10.9 Å². The predicted octanol–water partition coefficient (Wildman–Crippen LogP) is 1.12. The molecule has 1 spiro atoms. The van der Waals surface area contributed by atoms with Gasteiger partial charge in [-0.25, -0.2) is 4.99 Å². The van der Waals surface area contributed by atoms with Gasteiger partial charge < -0.3 is 25.0 Å². The zero-order valence-electron chi connectivity index (χ0n) is 15.7. The molecule has 0 aromatic carbocycles. The normalized spacial score (nSPS) is 29.5. The maximum absolute atomic E-state index is 11.7. The number of likely N-dealkylation sites (N-methyl/N-ethyl adjacent to an activating group) is 1. The average Bonchev–Trinajstić information content (AvgIpc) is 2.99. The van der Waals surface area contributed by atoms with Crippen LogP contribution in [0.25, 0.3) is 0 Å². The summed E-state index contributed by atoms with van der Waals surface area (Å²) in [4.78, 5) is 17.5. The summed E-state index contributed by atoms with van der Waals surface area (Å²) in [6, 6.07) is 0. The number of guanidine groups is 1. The molecule has 25 heavy (non-hydrogen) atoms. The van der Waals surface area contributed by atoms with Crippen molar-refractivity contribution < 1.29 is 14.3 Å². The summed E-state index contributed by atoms with van der Waals surface area (Å²) in [7, 11) is 3.44. The van der Waals surface area contributed by atoms with E-state index in [-0.39, 0.29) is 24.3 Å². The van der Waals surface area contributed by atoms with E-state index in [0.29, 0.717) is 25.7 Å². The highest BCUT2D eigenvalue weighted by Crippen LogP contribution is 2.39. The van der Waals surface area contributed by atoms with Gasteiger partial charge in [0.1, 0.15) is 12.6 Å². The molecule has 7 nitrogen and oxygen atoms in total. The van der Waals surface area contributed by atoms with Crippen LogP contribution < -0.4 is 10.6 Å². The van der Waals surface area contributed by atoms with Crippen LogP contribution in [0, 0.1) is 5.92 Å². The van der Waals surface area contributed by atoms with Crippen molar-refractivity contribution in [3.63, 3.8) is 0 Å². The van der Waals surface area contributed by atoms with Crippen LogP contribution in [0.3, 0.4) is 0 Å². The number of hydrogen-bond acceptors (Lipinski definition) is 4. The molecule has 0 aromatic heterocycles. The monoisotopic (exact) mass is 352 g/mol. The zero-order chi connectivity index (χ0) is 18.3. The first kappa shape index (κ1) is 19.7. The van der Waals surface area contributed by atoms with Crippen molar-refractivity contribution in [3.05, 3.63) is 12.7 Å². The van der Waals surface area contributed by atoms with E-state index >= 15 is 0 Å². The van der Waals surface area contributed by atoms with Gasteiger partial charge in [-0.2, -0.15) is 0 Å². The molecule has 1 saturated carbocycles. The van der Waals surface area contributed by atoms with E-state index in [2.05, 4.69) is 29.1 Å². The highest BCUT2D eigenvalue weighted by Gasteiger charge is 2.43. The van der Waals surface area contributed by atoms with Gasteiger partial charge in [0.15, 0.2) is 11.7 Å². The molecule has 1 aliphatic carbocycles. The van der Waals surface area contributed by atoms with Gasteiger partial charge >= 0.3 is 0 Å². The largest absolute Gasteiger partial charge is 0.354 e. The van der Waals surface area contributed by atoms with E-state index in [1.165, 1.54) is 4.90 Å². The van der Waals surface area contributed by atoms with Gasteiger partial charge in [0.25, 0.3) is 0 Å². The minimum atomic E-state index is -0.383. The fourth-order valence-electron chi connectivity index (χ4n) is 3.02. The molecule has 1 atom stereocenters. The van der Waals surface area contributed by atoms with Crippen LogP contribution in [0.1, 0.15) is 32.6 Å². The van der Waals surface area contributed by atoms with Gasteiger partial charge in [0.2, 0.25) is 5.91 Å². The summed E-state index contributed by atoms with van der Waals surface area (Å²) in [5.41, 5.74) is 0. The summed E-state index contributed by atoms with van der Waals surface area (Å²) in [5.74, 6) is 0.907. The average molecular weight is 352 g/mol. The van der Waals surface area contributed by atoms with Crippen LogP contribution in [0.5, 0.6) is 0 Å². The van der Waals surface area contributed by atoms with Gasteiger partial charge in [-0.15, -0.1) is 6.58 Å². The van der Waals surface area contributed by atoms with Crippen LogP contribution >= 0.6 is 0 Å². The van der Waals surface area contributed by atoms with Crippen molar-refractivity contribution in [1.29, 1.82) is 0 Å². The number of amides is 1. The maximum atomic E-state index is 11.7. The highest BCUT2D eigenvalue weighted by atomic mass is 16.7. The quantitative estimate of drug-likeness (QED) is 0.426. The van der Waals surface area contributed by atoms with Crippen LogP contribution in [0.4, 0.5) is 0 Å². The molecule has 142 valence electrons. The first-order chi connectivity index (χ1) is 11.9. The Balaban J connectivity index is 1.82. The van der Waals surface area contributed by atoms with Crippen LogP contribution in [-0.4, -0.2) is 69.0 Å². The molecule has 1 heterocycles. The van der Waals surface area contributed by atoms with E-state index in [1.807, 2.05) is 0 Å². The van der Waals surface area contributed by atoms with E-state index in [1.54, 1.807) is 20.2 Å². The number of ether oxygens (including phenoxy) is 2. The summed E-state index contributed by atoms with van der Waals surface area (Å²) < 4.78 is 12.2. The lowest BCUT2D eigenvalue weighted by molar-refractivity contribution is -0.191. The van der Waals surface area contributed by atoms with Crippen molar-refractivity contribution in [1.82, 2.24) is 15.5 Å². The molecular formula is C18H32N4O3. The highest BCUT2D eigenvalue weighted by molar-refractivity contribution is 5.84. The first-order valence-corrected chi connectivity index (χ1v) is 9.09. The Morgan fingerprint density at radius 1 is 1.36 bits per heavy atom. The second kappa shape index (κ2) is 9.20. The number of carbonyl (C=O) groups excluding carboxylic acids is 1. The lowest BCUT2D eigenvalue weighted by atomic mass is 9.86. The van der Waals surface area contributed by atoms with E-state index in [0.717, 1.165) is 31.6 Å². The molecule has 1 amide bonds. The Labute approximate surface area is 150 Å². The van der Waals surface area contributed by atoms with Crippen molar-refractivity contribution >= 4 is 11.9 Å². The van der Waals surface area contributed by atoms with Crippen LogP contribution in [0.15, 0.2) is 17.6 Å². The Bertz CT molecular complexity index is 485. The molecule has 0 bridgehead atoms. The summed E-state index contributed by atoms with van der Waals surface area (Å²) >= 11 is 0. The zero-order valence-corrected chi connectivity index (χ0v) is 15.7. The Hall–Kier alpha value is -1.60. The number of carbonyl (C=O) groups is 1. The Kier molecular flexibility index (Phi) is 7.25. The Morgan fingerprint density at radius 3 is 2.72 bits per heavy atom. The van der Waals surface area contributed by atoms with Crippen molar-refractivity contribution in [3.8, 4) is 0 Å². The number of aliphatic imine (C=N–C) groups is 1. The molecule has 2 rings (SSSR count).